The fourth-order valence-corrected chi connectivity index (χ4v) is 4.78. The minimum absolute atomic E-state index is 0.0857. The summed E-state index contributed by atoms with van der Waals surface area (Å²) in [5.41, 5.74) is 4.33. The molecule has 2 N–H and O–H groups in total. The first-order valence-electron chi connectivity index (χ1n) is 7.76. The fraction of sp³-hybridized carbons (Fsp3) is 0.471. The molecular weight excluding hydrogens is 388 g/mol. The van der Waals surface area contributed by atoms with E-state index in [0.29, 0.717) is 12.4 Å². The normalized spacial score (nSPS) is 40.9. The highest BCUT2D eigenvalue weighted by molar-refractivity contribution is 9.10. The number of fused-ring (bicyclic) bond motifs is 2. The molecule has 0 amide bonds. The maximum absolute atomic E-state index is 10.1. The number of nitrogens with two attached hydrogens (primary N) is 1. The van der Waals surface area contributed by atoms with Crippen LogP contribution in [0.2, 0.25) is 0 Å². The molecule has 1 aromatic rings. The second-order valence-electron chi connectivity index (χ2n) is 6.48. The molecule has 1 saturated heterocycles. The third-order valence-electron chi connectivity index (χ3n) is 5.31. The maximum Gasteiger partial charge on any atom is 0.293 e. The number of hydrogen-bond acceptors (Lipinski definition) is 7. The maximum atomic E-state index is 10.1. The highest BCUT2D eigenvalue weighted by Crippen LogP contribution is 2.82. The molecule has 2 heterocycles. The molecule has 0 unspecified atom stereocenters. The summed E-state index contributed by atoms with van der Waals surface area (Å²) in [4.78, 5) is 4.29. The van der Waals surface area contributed by atoms with Gasteiger partial charge in [-0.2, -0.15) is 10.5 Å². The summed E-state index contributed by atoms with van der Waals surface area (Å²) in [5, 5.41) is 20.0. The van der Waals surface area contributed by atoms with Crippen molar-refractivity contribution in [3.05, 3.63) is 28.2 Å². The number of rotatable bonds is 2. The van der Waals surface area contributed by atoms with Crippen LogP contribution in [0.25, 0.3) is 0 Å². The molecule has 25 heavy (non-hydrogen) atoms. The highest BCUT2D eigenvalue weighted by atomic mass is 79.9. The smallest absolute Gasteiger partial charge is 0.293 e. The largest absolute Gasteiger partial charge is 0.496 e. The number of ether oxygens (including phenoxy) is 3. The van der Waals surface area contributed by atoms with Crippen LogP contribution in [-0.4, -0.2) is 31.6 Å². The van der Waals surface area contributed by atoms with Crippen LogP contribution >= 0.6 is 15.9 Å². The van der Waals surface area contributed by atoms with Gasteiger partial charge >= 0.3 is 0 Å². The SMILES string of the molecule is COc1ccc([C@H]2[C@@]3(C#N)[C@@]4(N=C(N)[C@@]23C#N)OC[C@@H](C)O4)cc1Br. The minimum Gasteiger partial charge on any atom is -0.496 e. The topological polar surface area (TPSA) is 114 Å². The zero-order chi connectivity index (χ0) is 18.0. The third-order valence-corrected chi connectivity index (χ3v) is 5.93. The van der Waals surface area contributed by atoms with E-state index in [1.54, 1.807) is 13.2 Å². The van der Waals surface area contributed by atoms with Crippen molar-refractivity contribution in [3.8, 4) is 17.9 Å². The molecule has 1 saturated carbocycles. The molecule has 2 aliphatic heterocycles. The Hall–Kier alpha value is -2.13. The van der Waals surface area contributed by atoms with E-state index in [9.17, 15) is 10.5 Å². The quantitative estimate of drug-likeness (QED) is 0.809. The van der Waals surface area contributed by atoms with Crippen molar-refractivity contribution < 1.29 is 14.2 Å². The molecule has 1 aliphatic carbocycles. The molecule has 0 radical (unpaired) electrons. The Morgan fingerprint density at radius 1 is 1.40 bits per heavy atom. The summed E-state index contributed by atoms with van der Waals surface area (Å²) < 4.78 is 17.6. The Kier molecular flexibility index (Phi) is 3.24. The molecule has 8 heteroatoms. The van der Waals surface area contributed by atoms with Gasteiger partial charge in [0.05, 0.1) is 36.4 Å². The van der Waals surface area contributed by atoms with Gasteiger partial charge in [-0.3, -0.25) is 0 Å². The average Bonchev–Trinajstić information content (AvgIpc) is 2.99. The average molecular weight is 403 g/mol. The number of methoxy groups -OCH3 is 1. The molecule has 0 bridgehead atoms. The van der Waals surface area contributed by atoms with E-state index in [2.05, 4.69) is 33.1 Å². The van der Waals surface area contributed by atoms with Gasteiger partial charge < -0.3 is 19.9 Å². The standard InChI is InChI=1S/C17H15BrN4O3/c1-9-6-24-17(25-9)16(8-20)13(15(16,7-19)14(21)22-17)10-3-4-12(23-2)11(18)5-10/h3-5,9,13H,6H2,1-2H3,(H2,21,22)/t9-,13-,15-,16-,17-/m1/s1. The number of nitriles is 2. The van der Waals surface area contributed by atoms with E-state index in [-0.39, 0.29) is 11.9 Å². The first-order valence-corrected chi connectivity index (χ1v) is 8.55. The summed E-state index contributed by atoms with van der Waals surface area (Å²) in [6.07, 6.45) is -0.236. The Balaban J connectivity index is 1.89. The Labute approximate surface area is 153 Å². The van der Waals surface area contributed by atoms with E-state index in [4.69, 9.17) is 19.9 Å². The summed E-state index contributed by atoms with van der Waals surface area (Å²) in [6.45, 7) is 2.13. The van der Waals surface area contributed by atoms with Gasteiger partial charge in [0, 0.05) is 5.92 Å². The molecule has 2 fully saturated rings. The van der Waals surface area contributed by atoms with Gasteiger partial charge in [-0.15, -0.1) is 0 Å². The van der Waals surface area contributed by atoms with E-state index in [1.165, 1.54) is 0 Å². The first kappa shape index (κ1) is 16.3. The Morgan fingerprint density at radius 3 is 2.68 bits per heavy atom. The van der Waals surface area contributed by atoms with Crippen LogP contribution in [-0.2, 0) is 9.47 Å². The Bertz CT molecular complexity index is 891. The van der Waals surface area contributed by atoms with Gasteiger partial charge in [0.2, 0.25) is 0 Å². The number of hydrogen-bond donors (Lipinski definition) is 1. The van der Waals surface area contributed by atoms with Crippen molar-refractivity contribution in [1.82, 2.24) is 0 Å². The van der Waals surface area contributed by atoms with Gasteiger partial charge in [0.1, 0.15) is 17.0 Å². The van der Waals surface area contributed by atoms with Crippen LogP contribution in [0.3, 0.4) is 0 Å². The Morgan fingerprint density at radius 2 is 2.16 bits per heavy atom. The number of benzene rings is 1. The van der Waals surface area contributed by atoms with E-state index >= 15 is 0 Å². The lowest BCUT2D eigenvalue weighted by molar-refractivity contribution is -0.193. The molecule has 7 nitrogen and oxygen atoms in total. The van der Waals surface area contributed by atoms with Crippen LogP contribution in [0, 0.1) is 33.5 Å². The molecule has 1 aromatic carbocycles. The lowest BCUT2D eigenvalue weighted by Gasteiger charge is -2.26. The van der Waals surface area contributed by atoms with Crippen molar-refractivity contribution in [3.63, 3.8) is 0 Å². The van der Waals surface area contributed by atoms with Crippen molar-refractivity contribution >= 4 is 21.8 Å². The van der Waals surface area contributed by atoms with Crippen LogP contribution in [0.15, 0.2) is 27.7 Å². The van der Waals surface area contributed by atoms with Crippen LogP contribution in [0.5, 0.6) is 5.75 Å². The second-order valence-corrected chi connectivity index (χ2v) is 7.34. The van der Waals surface area contributed by atoms with Crippen LogP contribution < -0.4 is 10.5 Å². The van der Waals surface area contributed by atoms with E-state index < -0.39 is 22.7 Å². The summed E-state index contributed by atoms with van der Waals surface area (Å²) in [5.74, 6) is -1.29. The summed E-state index contributed by atoms with van der Waals surface area (Å²) in [6, 6.07) is 9.94. The molecule has 3 aliphatic rings. The van der Waals surface area contributed by atoms with Gasteiger partial charge in [0.15, 0.2) is 5.41 Å². The third kappa shape index (κ3) is 1.63. The van der Waals surface area contributed by atoms with Crippen molar-refractivity contribution in [2.75, 3.05) is 13.7 Å². The monoisotopic (exact) mass is 402 g/mol. The number of amidine groups is 1. The number of aliphatic imine (C=N–C) groups is 1. The van der Waals surface area contributed by atoms with Crippen molar-refractivity contribution in [2.24, 2.45) is 21.6 Å². The summed E-state index contributed by atoms with van der Waals surface area (Å²) in [7, 11) is 1.57. The lowest BCUT2D eigenvalue weighted by Crippen LogP contribution is -2.39. The molecule has 5 atom stereocenters. The zero-order valence-electron chi connectivity index (χ0n) is 13.6. The van der Waals surface area contributed by atoms with Gasteiger partial charge in [-0.1, -0.05) is 6.07 Å². The molecule has 1 spiro atoms. The number of nitrogens with zero attached hydrogens (tertiary/aromatic N) is 3. The first-order chi connectivity index (χ1) is 11.9. The molecule has 0 aromatic heterocycles. The van der Waals surface area contributed by atoms with Crippen LogP contribution in [0.4, 0.5) is 0 Å². The predicted octanol–water partition coefficient (Wildman–Crippen LogP) is 2.03. The van der Waals surface area contributed by atoms with Crippen molar-refractivity contribution in [2.45, 2.75) is 24.9 Å². The highest BCUT2D eigenvalue weighted by Gasteiger charge is 2.94. The summed E-state index contributed by atoms with van der Waals surface area (Å²) >= 11 is 3.45. The molecular formula is C17H15BrN4O3. The van der Waals surface area contributed by atoms with E-state index in [1.807, 2.05) is 19.1 Å². The lowest BCUT2D eigenvalue weighted by atomic mass is 9.94. The molecule has 128 valence electrons. The van der Waals surface area contributed by atoms with Gasteiger partial charge in [-0.05, 0) is 40.5 Å². The number of halogens is 1. The second kappa shape index (κ2) is 4.95. The predicted molar refractivity (Wildman–Crippen MR) is 90.4 cm³/mol. The van der Waals surface area contributed by atoms with Gasteiger partial charge in [-0.25, -0.2) is 4.99 Å². The van der Waals surface area contributed by atoms with Gasteiger partial charge in [0.25, 0.3) is 5.91 Å². The zero-order valence-corrected chi connectivity index (χ0v) is 15.2. The fourth-order valence-electron chi connectivity index (χ4n) is 4.22. The van der Waals surface area contributed by atoms with Crippen molar-refractivity contribution in [1.29, 1.82) is 10.5 Å². The molecule has 4 rings (SSSR count). The van der Waals surface area contributed by atoms with Crippen LogP contribution in [0.1, 0.15) is 18.4 Å². The minimum atomic E-state index is -1.53. The van der Waals surface area contributed by atoms with E-state index in [0.717, 1.165) is 10.0 Å².